The molecule has 30 heavy (non-hydrogen) atoms. The number of hydrogen-bond donors (Lipinski definition) is 1. The van der Waals surface area contributed by atoms with Crippen LogP contribution in [0.15, 0.2) is 54.7 Å². The zero-order valence-electron chi connectivity index (χ0n) is 16.6. The van der Waals surface area contributed by atoms with Crippen molar-refractivity contribution in [3.8, 4) is 11.3 Å². The molecule has 0 saturated heterocycles. The number of likely N-dealkylation sites (N-methyl/N-ethyl adjacent to an activating group) is 1. The number of fused-ring (bicyclic) bond motifs is 1. The van der Waals surface area contributed by atoms with Gasteiger partial charge in [-0.15, -0.1) is 0 Å². The Morgan fingerprint density at radius 3 is 2.30 bits per heavy atom. The summed E-state index contributed by atoms with van der Waals surface area (Å²) >= 11 is 0. The molecular formula is C22H21F2N5O. The Hall–Kier alpha value is -3.52. The molecule has 8 heteroatoms. The Morgan fingerprint density at radius 1 is 1.03 bits per heavy atom. The summed E-state index contributed by atoms with van der Waals surface area (Å²) in [6.45, 7) is 0.596. The number of carbonyl (C=O) groups excluding carboxylic acids is 1. The first-order valence-electron chi connectivity index (χ1n) is 9.43. The summed E-state index contributed by atoms with van der Waals surface area (Å²) in [6.07, 6.45) is 3.48. The molecule has 0 bridgehead atoms. The van der Waals surface area contributed by atoms with Gasteiger partial charge >= 0.3 is 0 Å². The number of benzene rings is 2. The van der Waals surface area contributed by atoms with Gasteiger partial charge in [0, 0.05) is 23.7 Å². The first kappa shape index (κ1) is 19.8. The Morgan fingerprint density at radius 2 is 1.67 bits per heavy atom. The zero-order chi connectivity index (χ0) is 21.3. The molecule has 0 fully saturated rings. The number of imidazole rings is 1. The summed E-state index contributed by atoms with van der Waals surface area (Å²) in [4.78, 5) is 20.6. The van der Waals surface area contributed by atoms with E-state index >= 15 is 0 Å². The fourth-order valence-corrected chi connectivity index (χ4v) is 3.23. The molecule has 1 aliphatic rings. The minimum Gasteiger partial charge on any atom is -0.339 e. The van der Waals surface area contributed by atoms with Crippen molar-refractivity contribution in [3.05, 3.63) is 72.2 Å². The second kappa shape index (κ2) is 8.08. The van der Waals surface area contributed by atoms with E-state index in [1.165, 1.54) is 24.3 Å². The van der Waals surface area contributed by atoms with Gasteiger partial charge in [-0.2, -0.15) is 0 Å². The van der Waals surface area contributed by atoms with Crippen LogP contribution in [-0.2, 0) is 11.3 Å². The van der Waals surface area contributed by atoms with Crippen LogP contribution in [-0.4, -0.2) is 45.9 Å². The fourth-order valence-electron chi connectivity index (χ4n) is 3.23. The van der Waals surface area contributed by atoms with Crippen molar-refractivity contribution in [2.24, 2.45) is 0 Å². The summed E-state index contributed by atoms with van der Waals surface area (Å²) in [6, 6.07) is 12.0. The molecule has 154 valence electrons. The average Bonchev–Trinajstić information content (AvgIpc) is 3.07. The van der Waals surface area contributed by atoms with Crippen LogP contribution in [0, 0.1) is 11.6 Å². The predicted octanol–water partition coefficient (Wildman–Crippen LogP) is 3.90. The molecule has 2 heterocycles. The van der Waals surface area contributed by atoms with E-state index in [4.69, 9.17) is 4.98 Å². The molecule has 3 aromatic rings. The van der Waals surface area contributed by atoms with E-state index in [0.717, 1.165) is 5.56 Å². The Bertz CT molecular complexity index is 1090. The highest BCUT2D eigenvalue weighted by atomic mass is 19.1. The van der Waals surface area contributed by atoms with Crippen molar-refractivity contribution in [3.63, 3.8) is 0 Å². The topological polar surface area (TPSA) is 53.4 Å². The van der Waals surface area contributed by atoms with Gasteiger partial charge in [-0.3, -0.25) is 9.36 Å². The van der Waals surface area contributed by atoms with Crippen LogP contribution in [0.2, 0.25) is 0 Å². The van der Waals surface area contributed by atoms with E-state index in [2.05, 4.69) is 5.32 Å². The van der Waals surface area contributed by atoms with E-state index in [1.807, 2.05) is 23.6 Å². The van der Waals surface area contributed by atoms with Crippen molar-refractivity contribution < 1.29 is 13.6 Å². The molecule has 0 unspecified atom stereocenters. The molecule has 1 aliphatic heterocycles. The third-order valence-corrected chi connectivity index (χ3v) is 4.69. The first-order chi connectivity index (χ1) is 14.4. The number of nitrogens with one attached hydrogen (secondary N) is 1. The van der Waals surface area contributed by atoms with E-state index in [1.54, 1.807) is 41.6 Å². The monoisotopic (exact) mass is 409 g/mol. The van der Waals surface area contributed by atoms with Gasteiger partial charge in [0.05, 0.1) is 13.1 Å². The van der Waals surface area contributed by atoms with E-state index in [-0.39, 0.29) is 24.1 Å². The third-order valence-electron chi connectivity index (χ3n) is 4.69. The maximum absolute atomic E-state index is 13.4. The first-order valence-corrected chi connectivity index (χ1v) is 9.43. The minimum atomic E-state index is -0.337. The van der Waals surface area contributed by atoms with Gasteiger partial charge in [0.1, 0.15) is 29.0 Å². The molecule has 0 saturated carbocycles. The Labute approximate surface area is 173 Å². The summed E-state index contributed by atoms with van der Waals surface area (Å²) in [7, 11) is 3.67. The quantitative estimate of drug-likeness (QED) is 0.694. The second-order valence-electron chi connectivity index (χ2n) is 7.29. The normalized spacial score (nSPS) is 12.9. The largest absolute Gasteiger partial charge is 0.339 e. The van der Waals surface area contributed by atoms with Crippen LogP contribution >= 0.6 is 0 Å². The number of anilines is 2. The molecule has 0 spiro atoms. The van der Waals surface area contributed by atoms with Gasteiger partial charge in [0.2, 0.25) is 5.91 Å². The van der Waals surface area contributed by atoms with E-state index in [9.17, 15) is 13.6 Å². The number of hydrogen-bond acceptors (Lipinski definition) is 4. The summed E-state index contributed by atoms with van der Waals surface area (Å²) < 4.78 is 28.6. The van der Waals surface area contributed by atoms with Crippen molar-refractivity contribution >= 4 is 23.6 Å². The van der Waals surface area contributed by atoms with Crippen LogP contribution in [0.4, 0.5) is 20.3 Å². The fraction of sp³-hybridized carbons (Fsp3) is 0.182. The van der Waals surface area contributed by atoms with Gasteiger partial charge in [0.15, 0.2) is 0 Å². The third kappa shape index (κ3) is 4.08. The molecule has 1 aromatic heterocycles. The Balaban J connectivity index is 1.73. The van der Waals surface area contributed by atoms with Crippen LogP contribution in [0.5, 0.6) is 0 Å². The molecule has 2 aromatic carbocycles. The maximum atomic E-state index is 13.4. The lowest BCUT2D eigenvalue weighted by Gasteiger charge is -2.24. The smallest absolute Gasteiger partial charge is 0.241 e. The SMILES string of the molecule is CN(C)CC(=O)N1C=Cn2c(nc(-c3ccc(F)cc3)c2Nc2ccc(F)cc2)C1. The van der Waals surface area contributed by atoms with Gasteiger partial charge in [-0.1, -0.05) is 0 Å². The van der Waals surface area contributed by atoms with Crippen LogP contribution in [0.3, 0.4) is 0 Å². The minimum absolute atomic E-state index is 0.0399. The molecule has 6 nitrogen and oxygen atoms in total. The van der Waals surface area contributed by atoms with Crippen LogP contribution in [0.1, 0.15) is 5.82 Å². The lowest BCUT2D eigenvalue weighted by atomic mass is 10.1. The van der Waals surface area contributed by atoms with E-state index in [0.29, 0.717) is 29.6 Å². The van der Waals surface area contributed by atoms with Crippen molar-refractivity contribution in [2.45, 2.75) is 6.54 Å². The highest BCUT2D eigenvalue weighted by Gasteiger charge is 2.24. The van der Waals surface area contributed by atoms with Gasteiger partial charge in [-0.25, -0.2) is 13.8 Å². The Kier molecular flexibility index (Phi) is 5.33. The molecule has 0 atom stereocenters. The molecule has 1 amide bonds. The zero-order valence-corrected chi connectivity index (χ0v) is 16.6. The average molecular weight is 409 g/mol. The lowest BCUT2D eigenvalue weighted by Crippen LogP contribution is -2.36. The lowest BCUT2D eigenvalue weighted by molar-refractivity contribution is -0.129. The highest BCUT2D eigenvalue weighted by molar-refractivity contribution is 5.82. The molecular weight excluding hydrogens is 388 g/mol. The number of rotatable bonds is 5. The standard InChI is InChI=1S/C22H21F2N5O/c1-27(2)14-20(30)28-11-12-29-19(13-28)26-21(15-3-5-16(23)6-4-15)22(29)25-18-9-7-17(24)8-10-18/h3-12,25H,13-14H2,1-2H3. The summed E-state index contributed by atoms with van der Waals surface area (Å²) in [5.74, 6) is 0.607. The highest BCUT2D eigenvalue weighted by Crippen LogP contribution is 2.33. The van der Waals surface area contributed by atoms with Crippen LogP contribution in [0.25, 0.3) is 17.5 Å². The molecule has 1 N–H and O–H groups in total. The van der Waals surface area contributed by atoms with E-state index < -0.39 is 0 Å². The number of aromatic nitrogens is 2. The van der Waals surface area contributed by atoms with Gasteiger partial charge < -0.3 is 15.1 Å². The van der Waals surface area contributed by atoms with Crippen molar-refractivity contribution in [2.75, 3.05) is 26.0 Å². The molecule has 0 radical (unpaired) electrons. The maximum Gasteiger partial charge on any atom is 0.241 e. The summed E-state index contributed by atoms with van der Waals surface area (Å²) in [5, 5.41) is 3.27. The molecule has 4 rings (SSSR count). The van der Waals surface area contributed by atoms with Gasteiger partial charge in [-0.05, 0) is 62.6 Å². The van der Waals surface area contributed by atoms with Crippen molar-refractivity contribution in [1.29, 1.82) is 0 Å². The van der Waals surface area contributed by atoms with Crippen molar-refractivity contribution in [1.82, 2.24) is 19.4 Å². The predicted molar refractivity (Wildman–Crippen MR) is 112 cm³/mol. The van der Waals surface area contributed by atoms with Crippen LogP contribution < -0.4 is 5.32 Å². The second-order valence-corrected chi connectivity index (χ2v) is 7.29. The number of amides is 1. The summed E-state index contributed by atoms with van der Waals surface area (Å²) in [5.41, 5.74) is 2.02. The van der Waals surface area contributed by atoms with Gasteiger partial charge in [0.25, 0.3) is 0 Å². The number of halogens is 2. The molecule has 0 aliphatic carbocycles. The number of nitrogens with zero attached hydrogens (tertiary/aromatic N) is 4. The number of carbonyl (C=O) groups is 1.